The van der Waals surface area contributed by atoms with Gasteiger partial charge in [0.1, 0.15) is 26.8 Å². The molecule has 0 saturated carbocycles. The molecule has 0 aliphatic carbocycles. The van der Waals surface area contributed by atoms with Gasteiger partial charge in [0.05, 0.1) is 14.7 Å². The van der Waals surface area contributed by atoms with E-state index in [1.807, 2.05) is 41.8 Å². The number of rotatable bonds is 9. The number of thiophene rings is 1. The van der Waals surface area contributed by atoms with E-state index in [1.54, 1.807) is 25.4 Å². The monoisotopic (exact) mass is 811 g/mol. The van der Waals surface area contributed by atoms with Crippen molar-refractivity contribution in [2.45, 2.75) is 47.0 Å². The van der Waals surface area contributed by atoms with Crippen molar-refractivity contribution in [3.8, 4) is 10.6 Å². The van der Waals surface area contributed by atoms with Gasteiger partial charge in [-0.25, -0.2) is 21.8 Å². The van der Waals surface area contributed by atoms with E-state index >= 15 is 0 Å². The van der Waals surface area contributed by atoms with Crippen molar-refractivity contribution in [1.82, 2.24) is 14.8 Å². The number of halogens is 2. The van der Waals surface area contributed by atoms with E-state index in [0.717, 1.165) is 15.6 Å². The van der Waals surface area contributed by atoms with E-state index in [9.17, 15) is 26.4 Å². The molecule has 0 bridgehead atoms. The van der Waals surface area contributed by atoms with Crippen LogP contribution in [0.15, 0.2) is 118 Å². The number of sulfone groups is 2. The molecular formula is C37H35Cl2N5O6S3. The second kappa shape index (κ2) is 15.4. The molecule has 2 amide bonds. The summed E-state index contributed by atoms with van der Waals surface area (Å²) < 4.78 is 49.8. The number of aromatic nitrogens is 3. The molecule has 11 nitrogen and oxygen atoms in total. The van der Waals surface area contributed by atoms with Crippen LogP contribution < -0.4 is 10.6 Å². The first kappa shape index (κ1) is 39.6. The average Bonchev–Trinajstić information content (AvgIpc) is 3.79. The lowest BCUT2D eigenvalue weighted by Gasteiger charge is -2.23. The van der Waals surface area contributed by atoms with Crippen LogP contribution in [0.1, 0.15) is 27.7 Å². The van der Waals surface area contributed by atoms with E-state index in [4.69, 9.17) is 23.2 Å². The van der Waals surface area contributed by atoms with Crippen LogP contribution >= 0.6 is 34.5 Å². The highest BCUT2D eigenvalue weighted by Gasteiger charge is 2.44. The summed E-state index contributed by atoms with van der Waals surface area (Å²) in [5.74, 6) is -0.579. The van der Waals surface area contributed by atoms with Crippen molar-refractivity contribution in [3.05, 3.63) is 119 Å². The summed E-state index contributed by atoms with van der Waals surface area (Å²) in [7, 11) is -6.15. The Labute approximate surface area is 321 Å². The highest BCUT2D eigenvalue weighted by atomic mass is 35.5. The smallest absolute Gasteiger partial charge is 0.246 e. The highest BCUT2D eigenvalue weighted by molar-refractivity contribution is 7.94. The van der Waals surface area contributed by atoms with E-state index in [1.165, 1.54) is 92.2 Å². The first-order valence-corrected chi connectivity index (χ1v) is 20.5. The van der Waals surface area contributed by atoms with E-state index in [2.05, 4.69) is 20.7 Å². The zero-order valence-corrected chi connectivity index (χ0v) is 33.1. The lowest BCUT2D eigenvalue weighted by Crippen LogP contribution is -2.44. The van der Waals surface area contributed by atoms with Gasteiger partial charge in [-0.3, -0.25) is 14.3 Å². The number of nitrogens with zero attached hydrogens (tertiary/aromatic N) is 3. The number of benzene rings is 3. The first-order chi connectivity index (χ1) is 24.8. The Hall–Kier alpha value is -4.60. The molecule has 0 spiro atoms. The number of pyridine rings is 1. The second-order valence-electron chi connectivity index (χ2n) is 12.8. The molecule has 0 fully saturated rings. The Balaban J connectivity index is 0.000000204. The van der Waals surface area contributed by atoms with E-state index in [-0.39, 0.29) is 9.79 Å². The number of carbonyl (C=O) groups excluding carboxylic acids is 2. The normalized spacial score (nSPS) is 12.1. The number of amides is 2. The molecule has 0 atom stereocenters. The number of anilines is 2. The first-order valence-electron chi connectivity index (χ1n) is 15.9. The molecule has 3 heterocycles. The minimum atomic E-state index is -3.92. The van der Waals surface area contributed by atoms with Crippen LogP contribution in [0.3, 0.4) is 0 Å². The summed E-state index contributed by atoms with van der Waals surface area (Å²) >= 11 is 13.2. The molecule has 3 aromatic carbocycles. The molecule has 53 heavy (non-hydrogen) atoms. The van der Waals surface area contributed by atoms with Gasteiger partial charge in [-0.2, -0.15) is 5.10 Å². The van der Waals surface area contributed by atoms with Crippen molar-refractivity contribution in [1.29, 1.82) is 0 Å². The lowest BCUT2D eigenvalue weighted by atomic mass is 10.1. The molecule has 0 radical (unpaired) electrons. The van der Waals surface area contributed by atoms with Crippen LogP contribution in [0.25, 0.3) is 21.3 Å². The van der Waals surface area contributed by atoms with Crippen molar-refractivity contribution < 1.29 is 26.4 Å². The van der Waals surface area contributed by atoms with Crippen LogP contribution in [0, 0.1) is 0 Å². The summed E-state index contributed by atoms with van der Waals surface area (Å²) in [4.78, 5) is 30.7. The van der Waals surface area contributed by atoms with Gasteiger partial charge < -0.3 is 10.6 Å². The molecule has 6 aromatic rings. The topological polar surface area (TPSA) is 157 Å². The number of hydrogen-bond donors (Lipinski definition) is 2. The molecule has 6 rings (SSSR count). The van der Waals surface area contributed by atoms with E-state index < -0.39 is 41.0 Å². The SMILES string of the molecule is CC(C)(C(=O)Nc1cc2ccccc2cn1)S(=O)(=O)c1ccc(Cl)cc1.Cn1nc(-c2cccs2)cc1NC(=O)C(C)(C)S(=O)(=O)c1ccc(Cl)cc1. The van der Waals surface area contributed by atoms with Crippen molar-refractivity contribution in [2.24, 2.45) is 7.05 Å². The standard InChI is InChI=1S/C19H17ClN2O3S.C18H18ClN3O3S2/c1-19(2,26(24,25)16-9-7-15(20)8-10-16)18(23)22-17-11-13-5-3-4-6-14(13)12-21-17;1-18(2,27(24,25)13-8-6-12(19)7-9-13)17(23)20-16-11-14(21-22(16)3)15-5-4-10-26-15/h3-12H,1-2H3,(H,21,22,23);4-11H,1-3H3,(H,20,23). The van der Waals surface area contributed by atoms with Crippen molar-refractivity contribution in [2.75, 3.05) is 10.6 Å². The van der Waals surface area contributed by atoms with Gasteiger partial charge in [-0.05, 0) is 99.1 Å². The van der Waals surface area contributed by atoms with Gasteiger partial charge in [0, 0.05) is 34.7 Å². The van der Waals surface area contributed by atoms with Gasteiger partial charge in [0.15, 0.2) is 19.7 Å². The number of hydrogen-bond acceptors (Lipinski definition) is 9. The Morgan fingerprint density at radius 1 is 0.698 bits per heavy atom. The highest BCUT2D eigenvalue weighted by Crippen LogP contribution is 2.31. The minimum absolute atomic E-state index is 0.0357. The maximum absolute atomic E-state index is 12.9. The number of aryl methyl sites for hydroxylation is 1. The van der Waals surface area contributed by atoms with Crippen LogP contribution in [0.5, 0.6) is 0 Å². The zero-order valence-electron chi connectivity index (χ0n) is 29.2. The second-order valence-corrected chi connectivity index (χ2v) is 19.6. The maximum atomic E-state index is 12.9. The Bertz CT molecular complexity index is 2500. The predicted molar refractivity (Wildman–Crippen MR) is 211 cm³/mol. The van der Waals surface area contributed by atoms with Crippen LogP contribution in [0.4, 0.5) is 11.6 Å². The van der Waals surface area contributed by atoms with E-state index in [0.29, 0.717) is 27.4 Å². The molecule has 3 aromatic heterocycles. The molecule has 16 heteroatoms. The molecule has 2 N–H and O–H groups in total. The summed E-state index contributed by atoms with van der Waals surface area (Å²) in [6.07, 6.45) is 1.63. The molecule has 0 saturated heterocycles. The Morgan fingerprint density at radius 3 is 1.72 bits per heavy atom. The largest absolute Gasteiger partial charge is 0.310 e. The fraction of sp³-hybridized carbons (Fsp3) is 0.189. The average molecular weight is 813 g/mol. The summed E-state index contributed by atoms with van der Waals surface area (Å²) in [5.41, 5.74) is 0.709. The van der Waals surface area contributed by atoms with Crippen LogP contribution in [0.2, 0.25) is 10.0 Å². The Kier molecular flexibility index (Phi) is 11.5. The molecule has 0 unspecified atom stereocenters. The maximum Gasteiger partial charge on any atom is 0.246 e. The Morgan fingerprint density at radius 2 is 1.21 bits per heavy atom. The molecule has 0 aliphatic rings. The quantitative estimate of drug-likeness (QED) is 0.148. The summed E-state index contributed by atoms with van der Waals surface area (Å²) in [6, 6.07) is 26.3. The summed E-state index contributed by atoms with van der Waals surface area (Å²) in [5, 5.41) is 14.3. The van der Waals surface area contributed by atoms with Crippen molar-refractivity contribution >= 4 is 88.4 Å². The van der Waals surface area contributed by atoms with Crippen LogP contribution in [-0.4, -0.2) is 52.9 Å². The molecule has 0 aliphatic heterocycles. The molecule has 276 valence electrons. The number of carbonyl (C=O) groups is 2. The van der Waals surface area contributed by atoms with Gasteiger partial charge >= 0.3 is 0 Å². The fourth-order valence-electron chi connectivity index (χ4n) is 4.88. The van der Waals surface area contributed by atoms with Gasteiger partial charge in [-0.15, -0.1) is 11.3 Å². The predicted octanol–water partition coefficient (Wildman–Crippen LogP) is 8.07. The number of fused-ring (bicyclic) bond motifs is 1. The minimum Gasteiger partial charge on any atom is -0.310 e. The third-order valence-electron chi connectivity index (χ3n) is 8.45. The van der Waals surface area contributed by atoms with Gasteiger partial charge in [0.25, 0.3) is 0 Å². The lowest BCUT2D eigenvalue weighted by molar-refractivity contribution is -0.118. The van der Waals surface area contributed by atoms with Gasteiger partial charge in [-0.1, -0.05) is 53.5 Å². The third-order valence-corrected chi connectivity index (χ3v) is 14.7. The fourth-order valence-corrected chi connectivity index (χ4v) is 8.57. The van der Waals surface area contributed by atoms with Gasteiger partial charge in [0.2, 0.25) is 11.8 Å². The number of nitrogens with one attached hydrogen (secondary N) is 2. The summed E-state index contributed by atoms with van der Waals surface area (Å²) in [6.45, 7) is 5.49. The molecular weight excluding hydrogens is 778 g/mol. The zero-order chi connectivity index (χ0) is 38.8. The van der Waals surface area contributed by atoms with Crippen molar-refractivity contribution in [3.63, 3.8) is 0 Å². The van der Waals surface area contributed by atoms with Crippen LogP contribution in [-0.2, 0) is 36.3 Å². The third kappa shape index (κ3) is 8.31.